The molecule has 1 aromatic carbocycles. The van der Waals surface area contributed by atoms with Crippen molar-refractivity contribution < 1.29 is 19.0 Å². The molecule has 2 saturated heterocycles. The van der Waals surface area contributed by atoms with Crippen molar-refractivity contribution >= 4 is 17.7 Å². The van der Waals surface area contributed by atoms with Crippen molar-refractivity contribution in [2.24, 2.45) is 0 Å². The predicted molar refractivity (Wildman–Crippen MR) is 91.8 cm³/mol. The lowest BCUT2D eigenvalue weighted by atomic mass is 9.91. The van der Waals surface area contributed by atoms with Crippen LogP contribution in [0.15, 0.2) is 24.3 Å². The summed E-state index contributed by atoms with van der Waals surface area (Å²) in [5.74, 6) is 0.161. The Morgan fingerprint density at radius 1 is 1.46 bits per heavy atom. The Labute approximate surface area is 145 Å². The standard InChI is InChI=1S/C17H23FN2O3S/c1-24-9-15(21)8-19-10-17(11-19)12-20(5-6-23-17)16(22)13-3-2-4-14(18)7-13/h2-4,7,15,21H,5-6,8-12H2,1H3. The van der Waals surface area contributed by atoms with Gasteiger partial charge in [-0.05, 0) is 24.5 Å². The van der Waals surface area contributed by atoms with E-state index in [9.17, 15) is 14.3 Å². The van der Waals surface area contributed by atoms with E-state index in [0.717, 1.165) is 0 Å². The van der Waals surface area contributed by atoms with Gasteiger partial charge in [-0.25, -0.2) is 4.39 Å². The van der Waals surface area contributed by atoms with Crippen LogP contribution in [0.25, 0.3) is 0 Å². The van der Waals surface area contributed by atoms with Crippen LogP contribution in [0.1, 0.15) is 10.4 Å². The molecule has 24 heavy (non-hydrogen) atoms. The average Bonchev–Trinajstić information content (AvgIpc) is 2.53. The van der Waals surface area contributed by atoms with Crippen LogP contribution in [-0.2, 0) is 4.74 Å². The highest BCUT2D eigenvalue weighted by atomic mass is 32.2. The molecule has 1 atom stereocenters. The zero-order chi connectivity index (χ0) is 17.2. The van der Waals surface area contributed by atoms with E-state index in [1.807, 2.05) is 6.26 Å². The van der Waals surface area contributed by atoms with Crippen LogP contribution in [0.5, 0.6) is 0 Å². The number of aliphatic hydroxyl groups excluding tert-OH is 1. The van der Waals surface area contributed by atoms with Crippen LogP contribution < -0.4 is 0 Å². The molecule has 1 amide bonds. The number of carbonyl (C=O) groups is 1. The number of hydrogen-bond donors (Lipinski definition) is 1. The third kappa shape index (κ3) is 3.91. The Bertz CT molecular complexity index is 595. The molecule has 0 aliphatic carbocycles. The van der Waals surface area contributed by atoms with Crippen LogP contribution in [0.4, 0.5) is 4.39 Å². The van der Waals surface area contributed by atoms with E-state index in [2.05, 4.69) is 4.90 Å². The normalized spacial score (nSPS) is 21.5. The summed E-state index contributed by atoms with van der Waals surface area (Å²) in [6.07, 6.45) is 1.63. The van der Waals surface area contributed by atoms with E-state index < -0.39 is 5.82 Å². The molecule has 2 aliphatic heterocycles. The van der Waals surface area contributed by atoms with Gasteiger partial charge in [0, 0.05) is 37.5 Å². The molecule has 1 N–H and O–H groups in total. The van der Waals surface area contributed by atoms with Gasteiger partial charge in [-0.2, -0.15) is 11.8 Å². The van der Waals surface area contributed by atoms with Crippen molar-refractivity contribution in [2.75, 3.05) is 51.3 Å². The summed E-state index contributed by atoms with van der Waals surface area (Å²) < 4.78 is 19.2. The Morgan fingerprint density at radius 2 is 2.25 bits per heavy atom. The van der Waals surface area contributed by atoms with Gasteiger partial charge in [0.2, 0.25) is 0 Å². The minimum absolute atomic E-state index is 0.155. The van der Waals surface area contributed by atoms with Crippen molar-refractivity contribution in [3.8, 4) is 0 Å². The number of thioether (sulfide) groups is 1. The van der Waals surface area contributed by atoms with Gasteiger partial charge in [0.1, 0.15) is 11.4 Å². The molecular weight excluding hydrogens is 331 g/mol. The first-order valence-corrected chi connectivity index (χ1v) is 9.49. The second-order valence-electron chi connectivity index (χ2n) is 6.55. The number of likely N-dealkylation sites (tertiary alicyclic amines) is 1. The highest BCUT2D eigenvalue weighted by molar-refractivity contribution is 7.98. The molecule has 2 aliphatic rings. The van der Waals surface area contributed by atoms with Gasteiger partial charge in [-0.15, -0.1) is 0 Å². The lowest BCUT2D eigenvalue weighted by Crippen LogP contribution is -2.71. The van der Waals surface area contributed by atoms with E-state index in [4.69, 9.17) is 4.74 Å². The maximum Gasteiger partial charge on any atom is 0.254 e. The number of halogens is 1. The van der Waals surface area contributed by atoms with Crippen LogP contribution in [0.2, 0.25) is 0 Å². The SMILES string of the molecule is CSCC(O)CN1CC2(C1)CN(C(=O)c1cccc(F)c1)CCO2. The van der Waals surface area contributed by atoms with Crippen molar-refractivity contribution in [2.45, 2.75) is 11.7 Å². The minimum atomic E-state index is -0.401. The number of β-amino-alcohol motifs (C(OH)–C–C–N with tert-alkyl or cyclic N) is 1. The Morgan fingerprint density at radius 3 is 2.96 bits per heavy atom. The van der Waals surface area contributed by atoms with E-state index in [-0.39, 0.29) is 17.6 Å². The summed E-state index contributed by atoms with van der Waals surface area (Å²) in [5.41, 5.74) is 0.0268. The molecule has 1 unspecified atom stereocenters. The third-order valence-corrected chi connectivity index (χ3v) is 5.18. The van der Waals surface area contributed by atoms with E-state index in [1.54, 1.807) is 28.8 Å². The molecule has 0 bridgehead atoms. The van der Waals surface area contributed by atoms with Gasteiger partial charge in [0.05, 0.1) is 19.3 Å². The lowest BCUT2D eigenvalue weighted by molar-refractivity contribution is -0.180. The number of hydrogen-bond acceptors (Lipinski definition) is 5. The minimum Gasteiger partial charge on any atom is -0.391 e. The Kier molecular flexibility index (Phi) is 5.44. The Balaban J connectivity index is 1.57. The number of amides is 1. The molecule has 0 aromatic heterocycles. The first-order chi connectivity index (χ1) is 11.5. The number of ether oxygens (including phenoxy) is 1. The monoisotopic (exact) mass is 354 g/mol. The molecule has 132 valence electrons. The van der Waals surface area contributed by atoms with Gasteiger partial charge in [0.15, 0.2) is 0 Å². The van der Waals surface area contributed by atoms with Crippen LogP contribution in [0.3, 0.4) is 0 Å². The fourth-order valence-corrected chi connectivity index (χ4v) is 3.94. The summed E-state index contributed by atoms with van der Waals surface area (Å²) >= 11 is 1.63. The van der Waals surface area contributed by atoms with E-state index in [1.165, 1.54) is 12.1 Å². The average molecular weight is 354 g/mol. The topological polar surface area (TPSA) is 53.0 Å². The number of carbonyl (C=O) groups excluding carboxylic acids is 1. The number of nitrogens with zero attached hydrogens (tertiary/aromatic N) is 2. The zero-order valence-corrected chi connectivity index (χ0v) is 14.6. The second kappa shape index (κ2) is 7.39. The van der Waals surface area contributed by atoms with Gasteiger partial charge < -0.3 is 14.7 Å². The summed E-state index contributed by atoms with van der Waals surface area (Å²) in [6.45, 7) is 3.58. The van der Waals surface area contributed by atoms with Crippen molar-refractivity contribution in [1.29, 1.82) is 0 Å². The molecule has 1 aromatic rings. The largest absolute Gasteiger partial charge is 0.391 e. The van der Waals surface area contributed by atoms with Gasteiger partial charge in [0.25, 0.3) is 5.91 Å². The molecule has 2 fully saturated rings. The van der Waals surface area contributed by atoms with Crippen molar-refractivity contribution in [3.63, 3.8) is 0 Å². The zero-order valence-electron chi connectivity index (χ0n) is 13.8. The molecule has 7 heteroatoms. The number of morpholine rings is 1. The van der Waals surface area contributed by atoms with Crippen LogP contribution >= 0.6 is 11.8 Å². The van der Waals surface area contributed by atoms with E-state index >= 15 is 0 Å². The first kappa shape index (κ1) is 17.7. The smallest absolute Gasteiger partial charge is 0.254 e. The lowest BCUT2D eigenvalue weighted by Gasteiger charge is -2.54. The molecule has 0 radical (unpaired) electrons. The summed E-state index contributed by atoms with van der Waals surface area (Å²) in [4.78, 5) is 16.5. The first-order valence-electron chi connectivity index (χ1n) is 8.09. The molecule has 0 saturated carbocycles. The quantitative estimate of drug-likeness (QED) is 0.858. The van der Waals surface area contributed by atoms with E-state index in [0.29, 0.717) is 50.6 Å². The molecule has 2 heterocycles. The summed E-state index contributed by atoms with van der Waals surface area (Å²) in [6, 6.07) is 5.80. The maximum absolute atomic E-state index is 13.3. The third-order valence-electron chi connectivity index (χ3n) is 4.46. The summed E-state index contributed by atoms with van der Waals surface area (Å²) in [7, 11) is 0. The highest BCUT2D eigenvalue weighted by Gasteiger charge is 2.48. The van der Waals surface area contributed by atoms with Gasteiger partial charge in [-0.3, -0.25) is 9.69 Å². The molecule has 3 rings (SSSR count). The number of rotatable bonds is 5. The van der Waals surface area contributed by atoms with Crippen LogP contribution in [0, 0.1) is 5.82 Å². The second-order valence-corrected chi connectivity index (χ2v) is 7.46. The summed E-state index contributed by atoms with van der Waals surface area (Å²) in [5, 5.41) is 9.88. The fourth-order valence-electron chi connectivity index (χ4n) is 3.45. The highest BCUT2D eigenvalue weighted by Crippen LogP contribution is 2.30. The van der Waals surface area contributed by atoms with Gasteiger partial charge in [-0.1, -0.05) is 6.07 Å². The van der Waals surface area contributed by atoms with Crippen LogP contribution in [-0.4, -0.2) is 83.9 Å². The Hall–Kier alpha value is -1.15. The van der Waals surface area contributed by atoms with Gasteiger partial charge >= 0.3 is 0 Å². The van der Waals surface area contributed by atoms with Crippen molar-refractivity contribution in [3.05, 3.63) is 35.6 Å². The number of aliphatic hydroxyl groups is 1. The fraction of sp³-hybridized carbons (Fsp3) is 0.588. The maximum atomic E-state index is 13.3. The molecular formula is C17H23FN2O3S. The predicted octanol–water partition coefficient (Wildman–Crippen LogP) is 1.08. The van der Waals surface area contributed by atoms with Crippen molar-refractivity contribution in [1.82, 2.24) is 9.80 Å². The number of benzene rings is 1. The molecule has 1 spiro atoms. The molecule has 5 nitrogen and oxygen atoms in total.